The van der Waals surface area contributed by atoms with Crippen molar-refractivity contribution in [1.29, 1.82) is 0 Å². The third-order valence-electron chi connectivity index (χ3n) is 5.31. The van der Waals surface area contributed by atoms with Gasteiger partial charge in [0, 0.05) is 10.7 Å². The zero-order valence-corrected chi connectivity index (χ0v) is 18.3. The summed E-state index contributed by atoms with van der Waals surface area (Å²) >= 11 is 6.02. The SMILES string of the molecule is CCc1ccc(N2C(=O)C(O)=C(S(=O)(=O)c3ccccc3)[C@@H]2c2ccc(Cl)cc2)cc1. The van der Waals surface area contributed by atoms with E-state index < -0.39 is 27.5 Å². The molecule has 0 saturated carbocycles. The van der Waals surface area contributed by atoms with E-state index in [-0.39, 0.29) is 9.80 Å². The standard InChI is InChI=1S/C24H20ClNO4S/c1-2-16-8-14-19(15-9-16)26-21(17-10-12-18(25)13-11-17)23(22(27)24(26)28)31(29,30)20-6-4-3-5-7-20/h3-15,21,27H,2H2,1H3/t21-/m0/s1. The highest BCUT2D eigenvalue weighted by molar-refractivity contribution is 7.95. The molecule has 0 saturated heterocycles. The molecule has 31 heavy (non-hydrogen) atoms. The predicted octanol–water partition coefficient (Wildman–Crippen LogP) is 5.23. The van der Waals surface area contributed by atoms with Crippen molar-refractivity contribution in [3.63, 3.8) is 0 Å². The Morgan fingerprint density at radius 3 is 2.13 bits per heavy atom. The largest absolute Gasteiger partial charge is 0.502 e. The first-order valence-corrected chi connectivity index (χ1v) is 11.6. The molecule has 1 atom stereocenters. The van der Waals surface area contributed by atoms with Crippen LogP contribution in [0.15, 0.2) is 94.4 Å². The van der Waals surface area contributed by atoms with Crippen molar-refractivity contribution in [2.45, 2.75) is 24.3 Å². The molecule has 0 bridgehead atoms. The number of aryl methyl sites for hydroxylation is 1. The van der Waals surface area contributed by atoms with Gasteiger partial charge in [-0.05, 0) is 53.9 Å². The number of halogens is 1. The topological polar surface area (TPSA) is 74.7 Å². The summed E-state index contributed by atoms with van der Waals surface area (Å²) in [6, 6.07) is 20.6. The lowest BCUT2D eigenvalue weighted by Crippen LogP contribution is -2.31. The Balaban J connectivity index is 1.92. The van der Waals surface area contributed by atoms with Crippen molar-refractivity contribution in [1.82, 2.24) is 0 Å². The Labute approximate surface area is 186 Å². The van der Waals surface area contributed by atoms with Crippen LogP contribution in [0.3, 0.4) is 0 Å². The van der Waals surface area contributed by atoms with Gasteiger partial charge in [-0.3, -0.25) is 9.69 Å². The number of aliphatic hydroxyl groups is 1. The summed E-state index contributed by atoms with van der Waals surface area (Å²) in [6.07, 6.45) is 0.825. The molecular weight excluding hydrogens is 434 g/mol. The second-order valence-corrected chi connectivity index (χ2v) is 9.53. The van der Waals surface area contributed by atoms with E-state index in [9.17, 15) is 18.3 Å². The van der Waals surface area contributed by atoms with Gasteiger partial charge < -0.3 is 5.11 Å². The summed E-state index contributed by atoms with van der Waals surface area (Å²) in [5.74, 6) is -1.54. The average molecular weight is 454 g/mol. The zero-order valence-electron chi connectivity index (χ0n) is 16.7. The third-order valence-corrected chi connectivity index (χ3v) is 7.45. The van der Waals surface area contributed by atoms with E-state index in [0.29, 0.717) is 16.3 Å². The number of hydrogen-bond acceptors (Lipinski definition) is 4. The maximum absolute atomic E-state index is 13.5. The molecule has 4 rings (SSSR count). The van der Waals surface area contributed by atoms with Gasteiger partial charge in [0.05, 0.1) is 4.90 Å². The van der Waals surface area contributed by atoms with Gasteiger partial charge >= 0.3 is 0 Å². The normalized spacial score (nSPS) is 16.8. The van der Waals surface area contributed by atoms with Gasteiger partial charge in [0.25, 0.3) is 5.91 Å². The summed E-state index contributed by atoms with van der Waals surface area (Å²) < 4.78 is 27.0. The quantitative estimate of drug-likeness (QED) is 0.573. The van der Waals surface area contributed by atoms with E-state index >= 15 is 0 Å². The van der Waals surface area contributed by atoms with Crippen LogP contribution in [-0.2, 0) is 21.1 Å². The molecule has 0 unspecified atom stereocenters. The van der Waals surface area contributed by atoms with Crippen LogP contribution in [-0.4, -0.2) is 19.4 Å². The van der Waals surface area contributed by atoms with Crippen molar-refractivity contribution in [3.05, 3.63) is 106 Å². The molecule has 1 aliphatic heterocycles. The van der Waals surface area contributed by atoms with Gasteiger partial charge in [0.15, 0.2) is 5.76 Å². The summed E-state index contributed by atoms with van der Waals surface area (Å²) in [7, 11) is -4.15. The van der Waals surface area contributed by atoms with Crippen LogP contribution < -0.4 is 4.90 Å². The van der Waals surface area contributed by atoms with Crippen LogP contribution in [0.2, 0.25) is 5.02 Å². The van der Waals surface area contributed by atoms with Crippen molar-refractivity contribution in [2.24, 2.45) is 0 Å². The van der Waals surface area contributed by atoms with E-state index in [4.69, 9.17) is 11.6 Å². The first-order valence-electron chi connectivity index (χ1n) is 9.76. The minimum atomic E-state index is -4.15. The van der Waals surface area contributed by atoms with E-state index in [2.05, 4.69) is 0 Å². The lowest BCUT2D eigenvalue weighted by molar-refractivity contribution is -0.117. The lowest BCUT2D eigenvalue weighted by Gasteiger charge is -2.27. The summed E-state index contributed by atoms with van der Waals surface area (Å²) in [5.41, 5.74) is 2.09. The smallest absolute Gasteiger partial charge is 0.295 e. The number of hydrogen-bond donors (Lipinski definition) is 1. The number of amides is 1. The molecule has 0 aliphatic carbocycles. The number of aliphatic hydroxyl groups excluding tert-OH is 1. The van der Waals surface area contributed by atoms with Crippen molar-refractivity contribution >= 4 is 33.0 Å². The van der Waals surface area contributed by atoms with Gasteiger partial charge in [0.1, 0.15) is 10.9 Å². The number of nitrogens with zero attached hydrogens (tertiary/aromatic N) is 1. The Hall–Kier alpha value is -3.09. The van der Waals surface area contributed by atoms with E-state index in [1.165, 1.54) is 17.0 Å². The fraction of sp³-hybridized carbons (Fsp3) is 0.125. The average Bonchev–Trinajstić information content (AvgIpc) is 3.06. The van der Waals surface area contributed by atoms with Crippen LogP contribution in [0.5, 0.6) is 0 Å². The van der Waals surface area contributed by atoms with Crippen LogP contribution in [0.4, 0.5) is 5.69 Å². The summed E-state index contributed by atoms with van der Waals surface area (Å²) in [6.45, 7) is 2.02. The van der Waals surface area contributed by atoms with Crippen molar-refractivity contribution in [2.75, 3.05) is 4.90 Å². The van der Waals surface area contributed by atoms with Crippen molar-refractivity contribution in [3.8, 4) is 0 Å². The Kier molecular flexibility index (Phi) is 5.60. The number of carbonyl (C=O) groups is 1. The molecule has 1 amide bonds. The van der Waals surface area contributed by atoms with E-state index in [1.54, 1.807) is 54.6 Å². The Bertz CT molecular complexity index is 1250. The predicted molar refractivity (Wildman–Crippen MR) is 121 cm³/mol. The number of rotatable bonds is 5. The molecule has 1 N–H and O–H groups in total. The lowest BCUT2D eigenvalue weighted by atomic mass is 10.1. The molecule has 0 aromatic heterocycles. The van der Waals surface area contributed by atoms with Gasteiger partial charge in [-0.2, -0.15) is 0 Å². The van der Waals surface area contributed by atoms with Gasteiger partial charge in [-0.1, -0.05) is 61.0 Å². The molecule has 3 aromatic carbocycles. The van der Waals surface area contributed by atoms with Crippen LogP contribution in [0.25, 0.3) is 0 Å². The Morgan fingerprint density at radius 2 is 1.55 bits per heavy atom. The first kappa shape index (κ1) is 21.2. The molecule has 7 heteroatoms. The molecule has 158 valence electrons. The van der Waals surface area contributed by atoms with Crippen LogP contribution in [0.1, 0.15) is 24.1 Å². The van der Waals surface area contributed by atoms with Gasteiger partial charge in [0.2, 0.25) is 9.84 Å². The van der Waals surface area contributed by atoms with Gasteiger partial charge in [-0.15, -0.1) is 0 Å². The maximum atomic E-state index is 13.5. The minimum absolute atomic E-state index is 0.00601. The molecule has 0 fully saturated rings. The second-order valence-electron chi connectivity index (χ2n) is 7.18. The number of carbonyl (C=O) groups excluding carboxylic acids is 1. The highest BCUT2D eigenvalue weighted by Gasteiger charge is 2.47. The van der Waals surface area contributed by atoms with Crippen molar-refractivity contribution < 1.29 is 18.3 Å². The van der Waals surface area contributed by atoms with Crippen LogP contribution in [0, 0.1) is 0 Å². The molecule has 5 nitrogen and oxygen atoms in total. The third kappa shape index (κ3) is 3.73. The highest BCUT2D eigenvalue weighted by atomic mass is 35.5. The maximum Gasteiger partial charge on any atom is 0.295 e. The fourth-order valence-corrected chi connectivity index (χ4v) is 5.46. The summed E-state index contributed by atoms with van der Waals surface area (Å²) in [5, 5.41) is 11.2. The molecular formula is C24H20ClNO4S. The monoisotopic (exact) mass is 453 g/mol. The number of anilines is 1. The van der Waals surface area contributed by atoms with Gasteiger partial charge in [-0.25, -0.2) is 8.42 Å². The fourth-order valence-electron chi connectivity index (χ4n) is 3.69. The molecule has 1 aliphatic rings. The molecule has 1 heterocycles. The summed E-state index contributed by atoms with van der Waals surface area (Å²) in [4.78, 5) is 14.1. The highest BCUT2D eigenvalue weighted by Crippen LogP contribution is 2.44. The molecule has 0 radical (unpaired) electrons. The second kappa shape index (κ2) is 8.21. The van der Waals surface area contributed by atoms with E-state index in [1.807, 2.05) is 19.1 Å². The number of sulfone groups is 1. The Morgan fingerprint density at radius 1 is 0.935 bits per heavy atom. The first-order chi connectivity index (χ1) is 14.8. The molecule has 3 aromatic rings. The number of benzene rings is 3. The van der Waals surface area contributed by atoms with E-state index in [0.717, 1.165) is 12.0 Å². The zero-order chi connectivity index (χ0) is 22.2. The van der Waals surface area contributed by atoms with Crippen LogP contribution >= 0.6 is 11.6 Å². The minimum Gasteiger partial charge on any atom is -0.502 e. The molecule has 0 spiro atoms.